The molecule has 1 aliphatic carbocycles. The minimum Gasteiger partial charge on any atom is -0.324 e. The fourth-order valence-electron chi connectivity index (χ4n) is 3.12. The van der Waals surface area contributed by atoms with Gasteiger partial charge in [-0.3, -0.25) is 9.59 Å². The normalized spacial score (nSPS) is 23.4. The summed E-state index contributed by atoms with van der Waals surface area (Å²) in [5.41, 5.74) is 3.17. The van der Waals surface area contributed by atoms with Gasteiger partial charge in [0.1, 0.15) is 6.04 Å². The molecule has 1 aliphatic heterocycles. The Balaban J connectivity index is 1.74. The third-order valence-corrected chi connectivity index (χ3v) is 6.24. The standard InChI is InChI=1S/C19H26N2O2S/c1-4-5-17-21(19(23)14-7-8-14)16(11-24-17)18(22)20-15-9-6-12(2)13(3)10-15/h6,9-10,14,16-17H,4-5,7-8,11H2,1-3H3,(H,20,22)/t16-,17-/m0/s1. The molecule has 1 aromatic rings. The number of nitrogens with one attached hydrogen (secondary N) is 1. The molecule has 2 atom stereocenters. The molecule has 0 aromatic heterocycles. The Morgan fingerprint density at radius 3 is 2.62 bits per heavy atom. The Hall–Kier alpha value is -1.49. The lowest BCUT2D eigenvalue weighted by Crippen LogP contribution is -2.48. The van der Waals surface area contributed by atoms with Gasteiger partial charge in [-0.15, -0.1) is 11.8 Å². The molecule has 0 unspecified atom stereocenters. The predicted molar refractivity (Wildman–Crippen MR) is 99.1 cm³/mol. The van der Waals surface area contributed by atoms with Gasteiger partial charge in [0, 0.05) is 17.4 Å². The number of aryl methyl sites for hydroxylation is 2. The molecule has 24 heavy (non-hydrogen) atoms. The van der Waals surface area contributed by atoms with Crippen molar-refractivity contribution in [1.82, 2.24) is 4.90 Å². The van der Waals surface area contributed by atoms with E-state index < -0.39 is 0 Å². The van der Waals surface area contributed by atoms with E-state index in [1.54, 1.807) is 11.8 Å². The van der Waals surface area contributed by atoms with Crippen LogP contribution < -0.4 is 5.32 Å². The van der Waals surface area contributed by atoms with Gasteiger partial charge >= 0.3 is 0 Å². The molecule has 5 heteroatoms. The molecule has 0 bridgehead atoms. The summed E-state index contributed by atoms with van der Waals surface area (Å²) in [6.07, 6.45) is 3.93. The average Bonchev–Trinajstić information content (AvgIpc) is 3.31. The molecule has 2 fully saturated rings. The molecule has 1 saturated heterocycles. The van der Waals surface area contributed by atoms with E-state index in [2.05, 4.69) is 19.2 Å². The van der Waals surface area contributed by atoms with E-state index in [9.17, 15) is 9.59 Å². The van der Waals surface area contributed by atoms with Crippen LogP contribution in [0.4, 0.5) is 5.69 Å². The molecule has 3 rings (SSSR count). The first-order valence-electron chi connectivity index (χ1n) is 8.83. The summed E-state index contributed by atoms with van der Waals surface area (Å²) in [4.78, 5) is 27.4. The van der Waals surface area contributed by atoms with Gasteiger partial charge in [-0.2, -0.15) is 0 Å². The van der Waals surface area contributed by atoms with Crippen LogP contribution in [-0.2, 0) is 9.59 Å². The molecule has 130 valence electrons. The quantitative estimate of drug-likeness (QED) is 0.884. The Morgan fingerprint density at radius 1 is 1.25 bits per heavy atom. The van der Waals surface area contributed by atoms with E-state index >= 15 is 0 Å². The van der Waals surface area contributed by atoms with Gasteiger partial charge in [-0.1, -0.05) is 19.4 Å². The van der Waals surface area contributed by atoms with Crippen molar-refractivity contribution >= 4 is 29.3 Å². The van der Waals surface area contributed by atoms with Gasteiger partial charge in [-0.05, 0) is 56.4 Å². The Bertz CT molecular complexity index is 642. The average molecular weight is 346 g/mol. The van der Waals surface area contributed by atoms with E-state index in [0.717, 1.165) is 36.9 Å². The Labute approximate surface area is 148 Å². The van der Waals surface area contributed by atoms with Gasteiger partial charge in [0.15, 0.2) is 0 Å². The lowest BCUT2D eigenvalue weighted by molar-refractivity contribution is -0.139. The van der Waals surface area contributed by atoms with Gasteiger partial charge in [0.2, 0.25) is 11.8 Å². The van der Waals surface area contributed by atoms with E-state index in [1.165, 1.54) is 5.56 Å². The van der Waals surface area contributed by atoms with Crippen LogP contribution in [0, 0.1) is 19.8 Å². The largest absolute Gasteiger partial charge is 0.324 e. The number of anilines is 1. The molecular weight excluding hydrogens is 320 g/mol. The van der Waals surface area contributed by atoms with Gasteiger partial charge in [0.25, 0.3) is 0 Å². The van der Waals surface area contributed by atoms with Gasteiger partial charge in [0.05, 0.1) is 5.37 Å². The minimum absolute atomic E-state index is 0.0571. The maximum atomic E-state index is 12.8. The maximum Gasteiger partial charge on any atom is 0.248 e. The molecule has 4 nitrogen and oxygen atoms in total. The third kappa shape index (κ3) is 3.61. The first-order valence-corrected chi connectivity index (χ1v) is 9.88. The molecule has 0 radical (unpaired) electrons. The van der Waals surface area contributed by atoms with Crippen molar-refractivity contribution in [2.45, 2.75) is 57.9 Å². The van der Waals surface area contributed by atoms with E-state index in [-0.39, 0.29) is 29.1 Å². The second-order valence-corrected chi connectivity index (χ2v) is 8.11. The van der Waals surface area contributed by atoms with Gasteiger partial charge < -0.3 is 10.2 Å². The van der Waals surface area contributed by atoms with Crippen LogP contribution >= 0.6 is 11.8 Å². The summed E-state index contributed by atoms with van der Waals surface area (Å²) >= 11 is 1.75. The van der Waals surface area contributed by atoms with Crippen LogP contribution in [0.25, 0.3) is 0 Å². The van der Waals surface area contributed by atoms with E-state index in [0.29, 0.717) is 5.75 Å². The Kier molecular flexibility index (Phi) is 5.18. The molecule has 1 N–H and O–H groups in total. The van der Waals surface area contributed by atoms with Crippen molar-refractivity contribution in [1.29, 1.82) is 0 Å². The van der Waals surface area contributed by atoms with Crippen molar-refractivity contribution in [2.24, 2.45) is 5.92 Å². The topological polar surface area (TPSA) is 49.4 Å². The highest BCUT2D eigenvalue weighted by Gasteiger charge is 2.45. The summed E-state index contributed by atoms with van der Waals surface area (Å²) in [6, 6.07) is 5.59. The SMILES string of the molecule is CCC[C@@H]1SC[C@@H](C(=O)Nc2ccc(C)c(C)c2)N1C(=O)C1CC1. The fourth-order valence-corrected chi connectivity index (χ4v) is 4.65. The second-order valence-electron chi connectivity index (χ2n) is 6.90. The predicted octanol–water partition coefficient (Wildman–Crippen LogP) is 3.72. The number of carbonyl (C=O) groups excluding carboxylic acids is 2. The van der Waals surface area contributed by atoms with Crippen LogP contribution in [0.5, 0.6) is 0 Å². The molecular formula is C19H26N2O2S. The highest BCUT2D eigenvalue weighted by molar-refractivity contribution is 8.00. The zero-order valence-corrected chi connectivity index (χ0v) is 15.5. The van der Waals surface area contributed by atoms with Crippen molar-refractivity contribution in [3.8, 4) is 0 Å². The summed E-state index contributed by atoms with van der Waals surface area (Å²) in [5.74, 6) is 0.969. The van der Waals surface area contributed by atoms with Crippen LogP contribution in [0.2, 0.25) is 0 Å². The fraction of sp³-hybridized carbons (Fsp3) is 0.579. The molecule has 2 amide bonds. The zero-order valence-electron chi connectivity index (χ0n) is 14.7. The van der Waals surface area contributed by atoms with Crippen LogP contribution in [0.1, 0.15) is 43.7 Å². The van der Waals surface area contributed by atoms with Crippen molar-refractivity contribution in [3.05, 3.63) is 29.3 Å². The second kappa shape index (κ2) is 7.18. The smallest absolute Gasteiger partial charge is 0.248 e. The molecule has 1 aromatic carbocycles. The van der Waals surface area contributed by atoms with Crippen LogP contribution in [-0.4, -0.2) is 33.9 Å². The first-order chi connectivity index (χ1) is 11.5. The lowest BCUT2D eigenvalue weighted by Gasteiger charge is -2.29. The number of amides is 2. The zero-order chi connectivity index (χ0) is 17.3. The maximum absolute atomic E-state index is 12.8. The van der Waals surface area contributed by atoms with Gasteiger partial charge in [-0.25, -0.2) is 0 Å². The molecule has 1 heterocycles. The number of rotatable bonds is 5. The highest BCUT2D eigenvalue weighted by Crippen LogP contribution is 2.39. The number of carbonyl (C=O) groups is 2. The first kappa shape index (κ1) is 17.3. The molecule has 2 aliphatic rings. The number of benzene rings is 1. The molecule has 1 saturated carbocycles. The highest BCUT2D eigenvalue weighted by atomic mass is 32.2. The Morgan fingerprint density at radius 2 is 2.00 bits per heavy atom. The van der Waals surface area contributed by atoms with E-state index in [4.69, 9.17) is 0 Å². The van der Waals surface area contributed by atoms with E-state index in [1.807, 2.05) is 30.0 Å². The number of hydrogen-bond donors (Lipinski definition) is 1. The van der Waals surface area contributed by atoms with Crippen molar-refractivity contribution in [2.75, 3.05) is 11.1 Å². The number of nitrogens with zero attached hydrogens (tertiary/aromatic N) is 1. The van der Waals surface area contributed by atoms with Crippen molar-refractivity contribution in [3.63, 3.8) is 0 Å². The van der Waals surface area contributed by atoms with Crippen LogP contribution in [0.3, 0.4) is 0 Å². The third-order valence-electron chi connectivity index (χ3n) is 4.89. The summed E-state index contributed by atoms with van der Waals surface area (Å²) < 4.78 is 0. The minimum atomic E-state index is -0.346. The number of thioether (sulfide) groups is 1. The summed E-state index contributed by atoms with van der Waals surface area (Å²) in [6.45, 7) is 6.22. The summed E-state index contributed by atoms with van der Waals surface area (Å²) in [5, 5.41) is 3.16. The number of hydrogen-bond acceptors (Lipinski definition) is 3. The van der Waals surface area contributed by atoms with Crippen molar-refractivity contribution < 1.29 is 9.59 Å². The molecule has 0 spiro atoms. The monoisotopic (exact) mass is 346 g/mol. The lowest BCUT2D eigenvalue weighted by atomic mass is 10.1. The summed E-state index contributed by atoms with van der Waals surface area (Å²) in [7, 11) is 0. The van der Waals surface area contributed by atoms with Crippen LogP contribution in [0.15, 0.2) is 18.2 Å².